The van der Waals surface area contributed by atoms with Crippen molar-refractivity contribution in [1.29, 1.82) is 0 Å². The molecule has 0 spiro atoms. The van der Waals surface area contributed by atoms with Crippen LogP contribution in [0, 0.1) is 0 Å². The fraction of sp³-hybridized carbons (Fsp3) is 0.385. The molecule has 1 atom stereocenters. The van der Waals surface area contributed by atoms with E-state index in [1.54, 1.807) is 30.6 Å². The van der Waals surface area contributed by atoms with Gasteiger partial charge in [0, 0.05) is 25.5 Å². The molecule has 5 heteroatoms. The SMILES string of the molecule is C=CCNC(=NCC(O)c1ccncc1)NCC. The van der Waals surface area contributed by atoms with Gasteiger partial charge in [0.2, 0.25) is 0 Å². The largest absolute Gasteiger partial charge is 0.386 e. The van der Waals surface area contributed by atoms with Gasteiger partial charge in [-0.25, -0.2) is 0 Å². The first kappa shape index (κ1) is 14.2. The Morgan fingerprint density at radius 2 is 2.22 bits per heavy atom. The molecular weight excluding hydrogens is 228 g/mol. The minimum Gasteiger partial charge on any atom is -0.386 e. The molecule has 0 aromatic carbocycles. The van der Waals surface area contributed by atoms with E-state index in [4.69, 9.17) is 0 Å². The van der Waals surface area contributed by atoms with Crippen LogP contribution >= 0.6 is 0 Å². The molecule has 0 fully saturated rings. The summed E-state index contributed by atoms with van der Waals surface area (Å²) in [5.41, 5.74) is 0.813. The summed E-state index contributed by atoms with van der Waals surface area (Å²) in [6.07, 6.45) is 4.45. The van der Waals surface area contributed by atoms with Crippen molar-refractivity contribution < 1.29 is 5.11 Å². The van der Waals surface area contributed by atoms with E-state index < -0.39 is 6.10 Å². The zero-order valence-electron chi connectivity index (χ0n) is 10.6. The zero-order valence-corrected chi connectivity index (χ0v) is 10.6. The smallest absolute Gasteiger partial charge is 0.191 e. The van der Waals surface area contributed by atoms with Crippen LogP contribution in [0.1, 0.15) is 18.6 Å². The molecule has 1 aromatic rings. The molecule has 0 saturated heterocycles. The van der Waals surface area contributed by atoms with E-state index in [9.17, 15) is 5.11 Å². The molecule has 3 N–H and O–H groups in total. The highest BCUT2D eigenvalue weighted by Gasteiger charge is 2.06. The Morgan fingerprint density at radius 1 is 1.50 bits per heavy atom. The molecule has 0 amide bonds. The van der Waals surface area contributed by atoms with E-state index in [1.165, 1.54) is 0 Å². The maximum atomic E-state index is 9.95. The molecule has 0 aliphatic heterocycles. The highest BCUT2D eigenvalue weighted by atomic mass is 16.3. The summed E-state index contributed by atoms with van der Waals surface area (Å²) in [6, 6.07) is 3.56. The monoisotopic (exact) mass is 248 g/mol. The molecule has 18 heavy (non-hydrogen) atoms. The van der Waals surface area contributed by atoms with E-state index in [2.05, 4.69) is 27.2 Å². The molecule has 1 unspecified atom stereocenters. The normalized spacial score (nSPS) is 12.9. The Balaban J connectivity index is 2.55. The molecule has 98 valence electrons. The van der Waals surface area contributed by atoms with Crippen LogP contribution in [0.5, 0.6) is 0 Å². The number of hydrogen-bond donors (Lipinski definition) is 3. The summed E-state index contributed by atoms with van der Waals surface area (Å²) in [6.45, 7) is 7.33. The van der Waals surface area contributed by atoms with Crippen molar-refractivity contribution in [2.24, 2.45) is 4.99 Å². The first-order chi connectivity index (χ1) is 8.77. The van der Waals surface area contributed by atoms with Crippen molar-refractivity contribution in [2.45, 2.75) is 13.0 Å². The Morgan fingerprint density at radius 3 is 2.83 bits per heavy atom. The lowest BCUT2D eigenvalue weighted by Gasteiger charge is -2.12. The van der Waals surface area contributed by atoms with Gasteiger partial charge in [0.1, 0.15) is 0 Å². The van der Waals surface area contributed by atoms with Crippen molar-refractivity contribution >= 4 is 5.96 Å². The van der Waals surface area contributed by atoms with Crippen molar-refractivity contribution in [2.75, 3.05) is 19.6 Å². The number of aliphatic hydroxyl groups is 1. The first-order valence-corrected chi connectivity index (χ1v) is 5.99. The maximum absolute atomic E-state index is 9.95. The highest BCUT2D eigenvalue weighted by molar-refractivity contribution is 5.79. The van der Waals surface area contributed by atoms with Crippen LogP contribution in [-0.2, 0) is 0 Å². The van der Waals surface area contributed by atoms with Gasteiger partial charge in [-0.05, 0) is 24.6 Å². The second-order valence-electron chi connectivity index (χ2n) is 3.69. The third-order valence-corrected chi connectivity index (χ3v) is 2.27. The molecule has 0 saturated carbocycles. The van der Waals surface area contributed by atoms with Crippen LogP contribution < -0.4 is 10.6 Å². The summed E-state index contributed by atoms with van der Waals surface area (Å²) in [5, 5.41) is 16.1. The minimum absolute atomic E-state index is 0.302. The molecule has 1 rings (SSSR count). The lowest BCUT2D eigenvalue weighted by molar-refractivity contribution is 0.187. The zero-order chi connectivity index (χ0) is 13.2. The number of guanidine groups is 1. The van der Waals surface area contributed by atoms with Crippen LogP contribution in [0.25, 0.3) is 0 Å². The van der Waals surface area contributed by atoms with Gasteiger partial charge in [0.15, 0.2) is 5.96 Å². The Kier molecular flexibility index (Phi) is 6.50. The topological polar surface area (TPSA) is 69.5 Å². The summed E-state index contributed by atoms with van der Waals surface area (Å²) >= 11 is 0. The number of aliphatic imine (C=N–C) groups is 1. The van der Waals surface area contributed by atoms with E-state index in [1.807, 2.05) is 6.92 Å². The lowest BCUT2D eigenvalue weighted by atomic mass is 10.1. The van der Waals surface area contributed by atoms with Crippen molar-refractivity contribution in [3.8, 4) is 0 Å². The van der Waals surface area contributed by atoms with Gasteiger partial charge < -0.3 is 15.7 Å². The van der Waals surface area contributed by atoms with E-state index in [0.29, 0.717) is 19.0 Å². The van der Waals surface area contributed by atoms with Gasteiger partial charge in [-0.15, -0.1) is 6.58 Å². The average Bonchev–Trinajstić information content (AvgIpc) is 2.42. The molecule has 0 bridgehead atoms. The number of nitrogens with zero attached hydrogens (tertiary/aromatic N) is 2. The lowest BCUT2D eigenvalue weighted by Crippen LogP contribution is -2.37. The van der Waals surface area contributed by atoms with Crippen LogP contribution in [0.3, 0.4) is 0 Å². The molecule has 0 aliphatic carbocycles. The third kappa shape index (κ3) is 4.97. The number of rotatable bonds is 6. The van der Waals surface area contributed by atoms with Crippen molar-refractivity contribution in [3.63, 3.8) is 0 Å². The molecule has 0 radical (unpaired) electrons. The van der Waals surface area contributed by atoms with E-state index >= 15 is 0 Å². The Bertz CT molecular complexity index is 378. The van der Waals surface area contributed by atoms with Crippen LogP contribution in [0.2, 0.25) is 0 Å². The fourth-order valence-electron chi connectivity index (χ4n) is 1.38. The number of pyridine rings is 1. The average molecular weight is 248 g/mol. The second kappa shape index (κ2) is 8.25. The van der Waals surface area contributed by atoms with E-state index in [-0.39, 0.29) is 0 Å². The molecular formula is C13H20N4O. The van der Waals surface area contributed by atoms with Crippen molar-refractivity contribution in [3.05, 3.63) is 42.7 Å². The fourth-order valence-corrected chi connectivity index (χ4v) is 1.38. The summed E-state index contributed by atoms with van der Waals surface area (Å²) in [5.74, 6) is 0.672. The quantitative estimate of drug-likeness (QED) is 0.397. The van der Waals surface area contributed by atoms with Gasteiger partial charge in [-0.3, -0.25) is 9.98 Å². The van der Waals surface area contributed by atoms with Gasteiger partial charge in [0.05, 0.1) is 12.6 Å². The van der Waals surface area contributed by atoms with E-state index in [0.717, 1.165) is 12.1 Å². The number of nitrogens with one attached hydrogen (secondary N) is 2. The van der Waals surface area contributed by atoms with Gasteiger partial charge in [0.25, 0.3) is 0 Å². The summed E-state index contributed by atoms with van der Waals surface area (Å²) in [7, 11) is 0. The predicted molar refractivity (Wildman–Crippen MR) is 73.4 cm³/mol. The van der Waals surface area contributed by atoms with Gasteiger partial charge in [-0.1, -0.05) is 6.08 Å². The number of hydrogen-bond acceptors (Lipinski definition) is 3. The minimum atomic E-state index is -0.618. The van der Waals surface area contributed by atoms with Gasteiger partial charge in [-0.2, -0.15) is 0 Å². The summed E-state index contributed by atoms with van der Waals surface area (Å²) in [4.78, 5) is 8.21. The maximum Gasteiger partial charge on any atom is 0.191 e. The number of aliphatic hydroxyl groups excluding tert-OH is 1. The third-order valence-electron chi connectivity index (χ3n) is 2.27. The summed E-state index contributed by atoms with van der Waals surface area (Å²) < 4.78 is 0. The first-order valence-electron chi connectivity index (χ1n) is 5.99. The number of aromatic nitrogens is 1. The van der Waals surface area contributed by atoms with Crippen molar-refractivity contribution in [1.82, 2.24) is 15.6 Å². The van der Waals surface area contributed by atoms with Gasteiger partial charge >= 0.3 is 0 Å². The standard InChI is InChI=1S/C13H20N4O/c1-3-7-16-13(15-4-2)17-10-12(18)11-5-8-14-9-6-11/h3,5-6,8-9,12,18H,1,4,7,10H2,2H3,(H2,15,16,17). The Labute approximate surface area is 108 Å². The molecule has 1 aromatic heterocycles. The Hall–Kier alpha value is -1.88. The molecule has 0 aliphatic rings. The van der Waals surface area contributed by atoms with Crippen LogP contribution in [0.4, 0.5) is 0 Å². The predicted octanol–water partition coefficient (Wildman–Crippen LogP) is 0.856. The van der Waals surface area contributed by atoms with Crippen LogP contribution in [0.15, 0.2) is 42.2 Å². The molecule has 1 heterocycles. The second-order valence-corrected chi connectivity index (χ2v) is 3.69. The van der Waals surface area contributed by atoms with Crippen LogP contribution in [-0.4, -0.2) is 35.7 Å². The molecule has 5 nitrogen and oxygen atoms in total. The highest BCUT2D eigenvalue weighted by Crippen LogP contribution is 2.10.